The summed E-state index contributed by atoms with van der Waals surface area (Å²) in [7, 11) is 1.29. The fourth-order valence-electron chi connectivity index (χ4n) is 0.967. The van der Waals surface area contributed by atoms with Gasteiger partial charge >= 0.3 is 5.97 Å². The first kappa shape index (κ1) is 11.1. The van der Waals surface area contributed by atoms with Crippen molar-refractivity contribution in [3.8, 4) is 0 Å². The Morgan fingerprint density at radius 3 is 2.57 bits per heavy atom. The van der Waals surface area contributed by atoms with Gasteiger partial charge < -0.3 is 4.74 Å². The molecule has 1 rings (SSSR count). The lowest BCUT2D eigenvalue weighted by Crippen LogP contribution is -2.02. The average Bonchev–Trinajstić information content (AvgIpc) is 2.15. The maximum Gasteiger partial charge on any atom is 0.337 e. The molecule has 0 aliphatic heterocycles. The summed E-state index contributed by atoms with van der Waals surface area (Å²) in [5.74, 6) is -0.505. The second-order valence-corrected chi connectivity index (χ2v) is 3.44. The first-order valence-corrected chi connectivity index (χ1v) is 4.54. The van der Waals surface area contributed by atoms with Crippen molar-refractivity contribution < 1.29 is 9.53 Å². The molecule has 1 aromatic rings. The highest BCUT2D eigenvalue weighted by molar-refractivity contribution is 6.37. The van der Waals surface area contributed by atoms with E-state index in [1.807, 2.05) is 0 Å². The van der Waals surface area contributed by atoms with E-state index in [-0.39, 0.29) is 5.57 Å². The molecule has 0 radical (unpaired) electrons. The Morgan fingerprint density at radius 2 is 2.07 bits per heavy atom. The molecular weight excluding hydrogens is 223 g/mol. The van der Waals surface area contributed by atoms with E-state index >= 15 is 0 Å². The van der Waals surface area contributed by atoms with Crippen LogP contribution in [0.4, 0.5) is 0 Å². The van der Waals surface area contributed by atoms with Crippen LogP contribution in [0.5, 0.6) is 0 Å². The number of halogens is 2. The molecule has 0 bridgehead atoms. The molecule has 0 aromatic heterocycles. The molecule has 0 atom stereocenters. The average molecular weight is 231 g/mol. The highest BCUT2D eigenvalue weighted by atomic mass is 35.5. The van der Waals surface area contributed by atoms with Gasteiger partial charge in [-0.15, -0.1) is 0 Å². The molecule has 0 unspecified atom stereocenters. The molecular formula is C10H8Cl2O2. The van der Waals surface area contributed by atoms with E-state index in [4.69, 9.17) is 23.2 Å². The highest BCUT2D eigenvalue weighted by Gasteiger charge is 2.12. The standard InChI is InChI=1S/C10H8Cl2O2/c1-6(10(13)14-2)8-4-3-7(11)5-9(8)12/h3-5H,1H2,2H3. The fraction of sp³-hybridized carbons (Fsp3) is 0.100. The largest absolute Gasteiger partial charge is 0.465 e. The Balaban J connectivity index is 3.08. The summed E-state index contributed by atoms with van der Waals surface area (Å²) in [5, 5.41) is 0.893. The molecule has 14 heavy (non-hydrogen) atoms. The third kappa shape index (κ3) is 2.28. The molecule has 0 fully saturated rings. The van der Waals surface area contributed by atoms with Crippen molar-refractivity contribution in [2.75, 3.05) is 7.11 Å². The van der Waals surface area contributed by atoms with Crippen molar-refractivity contribution in [1.29, 1.82) is 0 Å². The molecule has 0 aliphatic carbocycles. The van der Waals surface area contributed by atoms with Crippen LogP contribution in [-0.2, 0) is 9.53 Å². The van der Waals surface area contributed by atoms with Crippen molar-refractivity contribution in [3.05, 3.63) is 40.4 Å². The molecule has 0 heterocycles. The van der Waals surface area contributed by atoms with Crippen molar-refractivity contribution in [2.45, 2.75) is 0 Å². The van der Waals surface area contributed by atoms with Crippen LogP contribution in [0.25, 0.3) is 5.57 Å². The van der Waals surface area contributed by atoms with Crippen LogP contribution in [-0.4, -0.2) is 13.1 Å². The number of ether oxygens (including phenoxy) is 1. The molecule has 0 saturated carbocycles. The molecule has 4 heteroatoms. The molecule has 0 aliphatic rings. The Labute approximate surface area is 92.1 Å². The lowest BCUT2D eigenvalue weighted by atomic mass is 10.1. The van der Waals surface area contributed by atoms with Gasteiger partial charge in [0.2, 0.25) is 0 Å². The van der Waals surface area contributed by atoms with Crippen molar-refractivity contribution in [1.82, 2.24) is 0 Å². The number of methoxy groups -OCH3 is 1. The molecule has 1 aromatic carbocycles. The van der Waals surface area contributed by atoms with Crippen LogP contribution < -0.4 is 0 Å². The summed E-state index contributed by atoms with van der Waals surface area (Å²) in [6.07, 6.45) is 0. The second-order valence-electron chi connectivity index (χ2n) is 2.59. The summed E-state index contributed by atoms with van der Waals surface area (Å²) < 4.78 is 4.52. The van der Waals surface area contributed by atoms with Gasteiger partial charge in [0.05, 0.1) is 17.7 Å². The highest BCUT2D eigenvalue weighted by Crippen LogP contribution is 2.26. The van der Waals surface area contributed by atoms with Crippen LogP contribution in [0.1, 0.15) is 5.56 Å². The zero-order valence-corrected chi connectivity index (χ0v) is 9.02. The molecule has 74 valence electrons. The molecule has 2 nitrogen and oxygen atoms in total. The van der Waals surface area contributed by atoms with Crippen molar-refractivity contribution in [3.63, 3.8) is 0 Å². The SMILES string of the molecule is C=C(C(=O)OC)c1ccc(Cl)cc1Cl. The van der Waals surface area contributed by atoms with Gasteiger partial charge in [-0.3, -0.25) is 0 Å². The van der Waals surface area contributed by atoms with Gasteiger partial charge in [0.25, 0.3) is 0 Å². The Hall–Kier alpha value is -0.990. The third-order valence-electron chi connectivity index (χ3n) is 1.69. The van der Waals surface area contributed by atoms with E-state index < -0.39 is 5.97 Å². The molecule has 0 amide bonds. The Kier molecular flexibility index (Phi) is 3.55. The van der Waals surface area contributed by atoms with E-state index in [0.717, 1.165) is 0 Å². The lowest BCUT2D eigenvalue weighted by molar-refractivity contribution is -0.133. The summed E-state index contributed by atoms with van der Waals surface area (Å²) in [6, 6.07) is 4.81. The predicted octanol–water partition coefficient (Wildman–Crippen LogP) is 3.18. The maximum atomic E-state index is 11.1. The number of benzene rings is 1. The van der Waals surface area contributed by atoms with E-state index in [0.29, 0.717) is 15.6 Å². The lowest BCUT2D eigenvalue weighted by Gasteiger charge is -2.05. The first-order valence-electron chi connectivity index (χ1n) is 3.79. The number of hydrogen-bond acceptors (Lipinski definition) is 2. The number of hydrogen-bond donors (Lipinski definition) is 0. The Morgan fingerprint density at radius 1 is 1.43 bits per heavy atom. The smallest absolute Gasteiger partial charge is 0.337 e. The maximum absolute atomic E-state index is 11.1. The molecule has 0 saturated heterocycles. The zero-order valence-electron chi connectivity index (χ0n) is 7.51. The van der Waals surface area contributed by atoms with Gasteiger partial charge in [-0.05, 0) is 12.1 Å². The van der Waals surface area contributed by atoms with E-state index in [1.165, 1.54) is 7.11 Å². The zero-order chi connectivity index (χ0) is 10.7. The first-order chi connectivity index (χ1) is 6.56. The van der Waals surface area contributed by atoms with Crippen LogP contribution in [0.3, 0.4) is 0 Å². The van der Waals surface area contributed by atoms with E-state index in [1.54, 1.807) is 18.2 Å². The van der Waals surface area contributed by atoms with Gasteiger partial charge in [-0.25, -0.2) is 4.79 Å². The molecule has 0 N–H and O–H groups in total. The number of carbonyl (C=O) groups is 1. The van der Waals surface area contributed by atoms with Crippen molar-refractivity contribution in [2.24, 2.45) is 0 Å². The summed E-state index contributed by atoms with van der Waals surface area (Å²) in [5.41, 5.74) is 0.747. The second kappa shape index (κ2) is 4.49. The quantitative estimate of drug-likeness (QED) is 0.577. The topological polar surface area (TPSA) is 26.3 Å². The van der Waals surface area contributed by atoms with Gasteiger partial charge in [0.1, 0.15) is 0 Å². The van der Waals surface area contributed by atoms with Crippen LogP contribution in [0.15, 0.2) is 24.8 Å². The monoisotopic (exact) mass is 230 g/mol. The molecule has 0 spiro atoms. The number of carbonyl (C=O) groups excluding carboxylic acids is 1. The minimum absolute atomic E-state index is 0.217. The minimum atomic E-state index is -0.505. The summed E-state index contributed by atoms with van der Waals surface area (Å²) >= 11 is 11.6. The van der Waals surface area contributed by atoms with Crippen LogP contribution >= 0.6 is 23.2 Å². The van der Waals surface area contributed by atoms with Gasteiger partial charge in [0, 0.05) is 10.6 Å². The Bertz CT molecular complexity index is 386. The van der Waals surface area contributed by atoms with Gasteiger partial charge in [-0.2, -0.15) is 0 Å². The van der Waals surface area contributed by atoms with Crippen LogP contribution in [0.2, 0.25) is 10.0 Å². The summed E-state index contributed by atoms with van der Waals surface area (Å²) in [6.45, 7) is 3.58. The van der Waals surface area contributed by atoms with Crippen LogP contribution in [0, 0.1) is 0 Å². The fourth-order valence-corrected chi connectivity index (χ4v) is 1.49. The van der Waals surface area contributed by atoms with Crippen molar-refractivity contribution >= 4 is 34.7 Å². The van der Waals surface area contributed by atoms with Gasteiger partial charge in [-0.1, -0.05) is 35.8 Å². The van der Waals surface area contributed by atoms with E-state index in [9.17, 15) is 4.79 Å². The van der Waals surface area contributed by atoms with E-state index in [2.05, 4.69) is 11.3 Å². The third-order valence-corrected chi connectivity index (χ3v) is 2.24. The number of rotatable bonds is 2. The number of esters is 1. The normalized spacial score (nSPS) is 9.64. The predicted molar refractivity (Wildman–Crippen MR) is 57.5 cm³/mol. The summed E-state index contributed by atoms with van der Waals surface area (Å²) in [4.78, 5) is 11.1. The van der Waals surface area contributed by atoms with Gasteiger partial charge in [0.15, 0.2) is 0 Å². The minimum Gasteiger partial charge on any atom is -0.465 e.